The minimum absolute atomic E-state index is 0.00806. The van der Waals surface area contributed by atoms with E-state index in [-0.39, 0.29) is 17.3 Å². The average molecular weight is 500 g/mol. The molecule has 4 rings (SSSR count). The number of methoxy groups -OCH3 is 2. The second-order valence-electron chi connectivity index (χ2n) is 7.62. The van der Waals surface area contributed by atoms with Crippen molar-refractivity contribution in [1.29, 1.82) is 5.26 Å². The van der Waals surface area contributed by atoms with Gasteiger partial charge in [-0.1, -0.05) is 24.3 Å². The van der Waals surface area contributed by atoms with Gasteiger partial charge in [-0.25, -0.2) is 0 Å². The molecule has 180 valence electrons. The molecule has 8 nitrogen and oxygen atoms in total. The molecule has 0 radical (unpaired) electrons. The molecule has 0 aromatic heterocycles. The Balaban J connectivity index is 1.59. The maximum absolute atomic E-state index is 13.2. The molecule has 0 saturated carbocycles. The third-order valence-corrected chi connectivity index (χ3v) is 5.74. The van der Waals surface area contributed by atoms with E-state index < -0.39 is 11.8 Å². The van der Waals surface area contributed by atoms with Gasteiger partial charge < -0.3 is 14.2 Å². The van der Waals surface area contributed by atoms with E-state index in [0.29, 0.717) is 34.1 Å². The predicted molar refractivity (Wildman–Crippen MR) is 138 cm³/mol. The summed E-state index contributed by atoms with van der Waals surface area (Å²) in [7, 11) is 3.03. The zero-order chi connectivity index (χ0) is 25.7. The molecule has 1 fully saturated rings. The first-order valence-corrected chi connectivity index (χ1v) is 11.2. The number of anilines is 1. The van der Waals surface area contributed by atoms with Crippen LogP contribution in [0.25, 0.3) is 6.08 Å². The molecule has 1 heterocycles. The average Bonchev–Trinajstić information content (AvgIpc) is 2.90. The monoisotopic (exact) mass is 499 g/mol. The molecular weight excluding hydrogens is 478 g/mol. The fourth-order valence-electron chi connectivity index (χ4n) is 3.59. The van der Waals surface area contributed by atoms with Gasteiger partial charge in [0.1, 0.15) is 17.9 Å². The number of nitriles is 1. The van der Waals surface area contributed by atoms with Gasteiger partial charge in [-0.2, -0.15) is 5.26 Å². The highest BCUT2D eigenvalue weighted by Gasteiger charge is 2.34. The largest absolute Gasteiger partial charge is 0.497 e. The number of nitrogens with zero attached hydrogens (tertiary/aromatic N) is 2. The number of thiocarbonyl (C=S) groups is 1. The number of carbonyl (C=O) groups excluding carboxylic acids is 2. The number of hydrogen-bond donors (Lipinski definition) is 1. The van der Waals surface area contributed by atoms with E-state index in [1.807, 2.05) is 12.1 Å². The third kappa shape index (κ3) is 5.04. The Morgan fingerprint density at radius 3 is 2.44 bits per heavy atom. The number of hydrogen-bond acceptors (Lipinski definition) is 7. The Morgan fingerprint density at radius 2 is 1.75 bits per heavy atom. The molecule has 1 saturated heterocycles. The van der Waals surface area contributed by atoms with E-state index in [4.69, 9.17) is 26.4 Å². The quantitative estimate of drug-likeness (QED) is 0.298. The lowest BCUT2D eigenvalue weighted by molar-refractivity contribution is -0.122. The van der Waals surface area contributed by atoms with Crippen molar-refractivity contribution in [3.8, 4) is 23.3 Å². The van der Waals surface area contributed by atoms with Crippen molar-refractivity contribution >= 4 is 40.9 Å². The van der Waals surface area contributed by atoms with Crippen LogP contribution in [0.2, 0.25) is 0 Å². The second kappa shape index (κ2) is 10.7. The fraction of sp³-hybridized carbons (Fsp3) is 0.111. The van der Waals surface area contributed by atoms with Crippen molar-refractivity contribution in [1.82, 2.24) is 5.32 Å². The summed E-state index contributed by atoms with van der Waals surface area (Å²) in [6.45, 7) is 0.176. The molecule has 0 atom stereocenters. The fourth-order valence-corrected chi connectivity index (χ4v) is 3.87. The van der Waals surface area contributed by atoms with Crippen LogP contribution in [0.1, 0.15) is 16.7 Å². The minimum atomic E-state index is -0.595. The lowest BCUT2D eigenvalue weighted by Crippen LogP contribution is -2.54. The van der Waals surface area contributed by atoms with Crippen LogP contribution >= 0.6 is 12.2 Å². The van der Waals surface area contributed by atoms with Gasteiger partial charge in [0.15, 0.2) is 16.6 Å². The molecule has 2 amide bonds. The first-order chi connectivity index (χ1) is 17.4. The molecule has 3 aromatic carbocycles. The van der Waals surface area contributed by atoms with Gasteiger partial charge in [0, 0.05) is 5.56 Å². The molecule has 0 aliphatic carbocycles. The summed E-state index contributed by atoms with van der Waals surface area (Å²) in [4.78, 5) is 27.1. The van der Waals surface area contributed by atoms with E-state index in [2.05, 4.69) is 11.4 Å². The zero-order valence-corrected chi connectivity index (χ0v) is 20.3. The van der Waals surface area contributed by atoms with E-state index in [1.54, 1.807) is 61.7 Å². The summed E-state index contributed by atoms with van der Waals surface area (Å²) in [6, 6.07) is 21.1. The van der Waals surface area contributed by atoms with Crippen LogP contribution in [0.3, 0.4) is 0 Å². The number of carbonyl (C=O) groups is 2. The molecule has 0 spiro atoms. The summed E-state index contributed by atoms with van der Waals surface area (Å²) >= 11 is 5.24. The number of rotatable bonds is 7. The van der Waals surface area contributed by atoms with Gasteiger partial charge in [0.25, 0.3) is 11.8 Å². The summed E-state index contributed by atoms with van der Waals surface area (Å²) in [5.41, 5.74) is 2.23. The molecule has 3 aromatic rings. The molecular formula is C27H21N3O5S. The second-order valence-corrected chi connectivity index (χ2v) is 8.01. The van der Waals surface area contributed by atoms with E-state index >= 15 is 0 Å². The van der Waals surface area contributed by atoms with E-state index in [1.165, 1.54) is 18.1 Å². The predicted octanol–water partition coefficient (Wildman–Crippen LogP) is 3.99. The maximum atomic E-state index is 13.2. The SMILES string of the molecule is COc1ccc(N2C(=O)/C(=C/c3ccc(OCc4ccccc4C#N)c(OC)c3)C(=O)NC2=S)cc1. The lowest BCUT2D eigenvalue weighted by atomic mass is 10.1. The van der Waals surface area contributed by atoms with Gasteiger partial charge in [0.2, 0.25) is 0 Å². The maximum Gasteiger partial charge on any atom is 0.270 e. The number of nitrogens with one attached hydrogen (secondary N) is 1. The Labute approximate surface area is 213 Å². The van der Waals surface area contributed by atoms with Crippen LogP contribution in [0, 0.1) is 11.3 Å². The number of amides is 2. The van der Waals surface area contributed by atoms with Crippen LogP contribution in [-0.2, 0) is 16.2 Å². The third-order valence-electron chi connectivity index (χ3n) is 5.45. The van der Waals surface area contributed by atoms with Gasteiger partial charge in [0.05, 0.1) is 31.5 Å². The van der Waals surface area contributed by atoms with Crippen LogP contribution in [-0.4, -0.2) is 31.1 Å². The van der Waals surface area contributed by atoms with E-state index in [9.17, 15) is 14.9 Å². The first-order valence-electron chi connectivity index (χ1n) is 10.8. The van der Waals surface area contributed by atoms with Crippen molar-refractivity contribution in [3.63, 3.8) is 0 Å². The van der Waals surface area contributed by atoms with Crippen molar-refractivity contribution in [3.05, 3.63) is 89.0 Å². The molecule has 36 heavy (non-hydrogen) atoms. The Hall–Kier alpha value is -4.68. The molecule has 0 unspecified atom stereocenters. The van der Waals surface area contributed by atoms with Gasteiger partial charge in [-0.3, -0.25) is 19.8 Å². The van der Waals surface area contributed by atoms with Crippen LogP contribution in [0.4, 0.5) is 5.69 Å². The number of benzene rings is 3. The van der Waals surface area contributed by atoms with Crippen molar-refractivity contribution in [2.75, 3.05) is 19.1 Å². The Kier molecular flexibility index (Phi) is 7.28. The summed E-state index contributed by atoms with van der Waals surface area (Å²) in [5.74, 6) is 0.334. The zero-order valence-electron chi connectivity index (χ0n) is 19.5. The summed E-state index contributed by atoms with van der Waals surface area (Å²) < 4.78 is 16.5. The standard InChI is InChI=1S/C27H21N3O5S/c1-33-21-10-8-20(9-11-21)30-26(32)22(25(31)29-27(30)36)13-17-7-12-23(24(14-17)34-2)35-16-19-6-4-3-5-18(19)15-28/h3-14H,16H2,1-2H3,(H,29,31,36)/b22-13+. The summed E-state index contributed by atoms with van der Waals surface area (Å²) in [6.07, 6.45) is 1.47. The van der Waals surface area contributed by atoms with Gasteiger partial charge >= 0.3 is 0 Å². The number of ether oxygens (including phenoxy) is 3. The summed E-state index contributed by atoms with van der Waals surface area (Å²) in [5, 5.41) is 11.8. The smallest absolute Gasteiger partial charge is 0.270 e. The van der Waals surface area contributed by atoms with E-state index in [0.717, 1.165) is 5.56 Å². The van der Waals surface area contributed by atoms with Crippen LogP contribution in [0.5, 0.6) is 17.2 Å². The van der Waals surface area contributed by atoms with Crippen LogP contribution < -0.4 is 24.4 Å². The van der Waals surface area contributed by atoms with Gasteiger partial charge in [-0.05, 0) is 66.3 Å². The molecule has 1 aliphatic heterocycles. The minimum Gasteiger partial charge on any atom is -0.497 e. The van der Waals surface area contributed by atoms with Crippen LogP contribution in [0.15, 0.2) is 72.3 Å². The molecule has 0 bridgehead atoms. The molecule has 9 heteroatoms. The highest BCUT2D eigenvalue weighted by molar-refractivity contribution is 7.80. The highest BCUT2D eigenvalue weighted by Crippen LogP contribution is 2.31. The first kappa shape index (κ1) is 24.4. The Bertz CT molecular complexity index is 1410. The molecule has 1 aliphatic rings. The highest BCUT2D eigenvalue weighted by atomic mass is 32.1. The normalized spacial score (nSPS) is 14.3. The Morgan fingerprint density at radius 1 is 1.00 bits per heavy atom. The molecule has 1 N–H and O–H groups in total. The van der Waals surface area contributed by atoms with Crippen molar-refractivity contribution in [2.24, 2.45) is 0 Å². The van der Waals surface area contributed by atoms with Crippen molar-refractivity contribution in [2.45, 2.75) is 6.61 Å². The lowest BCUT2D eigenvalue weighted by Gasteiger charge is -2.29. The van der Waals surface area contributed by atoms with Gasteiger partial charge in [-0.15, -0.1) is 0 Å². The topological polar surface area (TPSA) is 101 Å². The van der Waals surface area contributed by atoms with Crippen molar-refractivity contribution < 1.29 is 23.8 Å².